The van der Waals surface area contributed by atoms with Gasteiger partial charge in [-0.2, -0.15) is 0 Å². The Morgan fingerprint density at radius 3 is 2.68 bits per heavy atom. The molecule has 0 atom stereocenters. The molecule has 25 heavy (non-hydrogen) atoms. The van der Waals surface area contributed by atoms with Crippen molar-refractivity contribution in [1.29, 1.82) is 0 Å². The van der Waals surface area contributed by atoms with Crippen LogP contribution in [-0.2, 0) is 11.3 Å². The van der Waals surface area contributed by atoms with E-state index in [9.17, 15) is 4.79 Å². The molecule has 1 saturated heterocycles. The Morgan fingerprint density at radius 2 is 2.00 bits per heavy atom. The van der Waals surface area contributed by atoms with Crippen LogP contribution in [0.25, 0.3) is 0 Å². The summed E-state index contributed by atoms with van der Waals surface area (Å²) in [5, 5.41) is 0. The lowest BCUT2D eigenvalue weighted by molar-refractivity contribution is 0.0356. The number of aromatic nitrogens is 1. The fourth-order valence-corrected chi connectivity index (χ4v) is 3.87. The van der Waals surface area contributed by atoms with Crippen molar-refractivity contribution in [3.63, 3.8) is 0 Å². The molecule has 5 nitrogen and oxygen atoms in total. The molecule has 0 aromatic carbocycles. The Labute approximate surface area is 157 Å². The molecule has 1 aliphatic rings. The third-order valence-corrected chi connectivity index (χ3v) is 5.42. The van der Waals surface area contributed by atoms with Gasteiger partial charge in [0.2, 0.25) is 0 Å². The largest absolute Gasteiger partial charge is 0.379 e. The van der Waals surface area contributed by atoms with Crippen LogP contribution in [0.1, 0.15) is 21.7 Å². The molecule has 1 aliphatic heterocycles. The summed E-state index contributed by atoms with van der Waals surface area (Å²) < 4.78 is 6.02. The van der Waals surface area contributed by atoms with E-state index < -0.39 is 0 Å². The zero-order chi connectivity index (χ0) is 17.5. The monoisotopic (exact) mass is 379 g/mol. The van der Waals surface area contributed by atoms with Gasteiger partial charge >= 0.3 is 0 Å². The molecular formula is C18H22ClN3O2S. The quantitative estimate of drug-likeness (QED) is 0.741. The van der Waals surface area contributed by atoms with E-state index in [-0.39, 0.29) is 5.91 Å². The number of carbonyl (C=O) groups excluding carboxylic acids is 1. The van der Waals surface area contributed by atoms with E-state index in [4.69, 9.17) is 16.3 Å². The third kappa shape index (κ3) is 5.51. The molecule has 0 radical (unpaired) electrons. The number of halogens is 1. The molecule has 0 bridgehead atoms. The zero-order valence-corrected chi connectivity index (χ0v) is 15.6. The van der Waals surface area contributed by atoms with Gasteiger partial charge < -0.3 is 9.64 Å². The van der Waals surface area contributed by atoms with E-state index in [1.165, 1.54) is 11.3 Å². The molecule has 3 rings (SSSR count). The Bertz CT molecular complexity index is 674. The first-order valence-electron chi connectivity index (χ1n) is 8.46. The zero-order valence-electron chi connectivity index (χ0n) is 14.1. The average Bonchev–Trinajstić information content (AvgIpc) is 3.08. The number of hydrogen-bond donors (Lipinski definition) is 0. The molecule has 134 valence electrons. The summed E-state index contributed by atoms with van der Waals surface area (Å²) in [5.74, 6) is 0.0377. The van der Waals surface area contributed by atoms with E-state index in [1.54, 1.807) is 24.5 Å². The van der Waals surface area contributed by atoms with Gasteiger partial charge in [0, 0.05) is 45.1 Å². The second-order valence-corrected chi connectivity index (χ2v) is 7.71. The summed E-state index contributed by atoms with van der Waals surface area (Å²) in [6.45, 7) is 5.82. The van der Waals surface area contributed by atoms with E-state index in [1.807, 2.05) is 17.0 Å². The maximum Gasteiger partial charge on any atom is 0.264 e. The summed E-state index contributed by atoms with van der Waals surface area (Å²) >= 11 is 7.33. The Hall–Kier alpha value is -1.47. The molecule has 3 heterocycles. The van der Waals surface area contributed by atoms with E-state index >= 15 is 0 Å². The summed E-state index contributed by atoms with van der Waals surface area (Å²) in [7, 11) is 0. The average molecular weight is 380 g/mol. The highest BCUT2D eigenvalue weighted by Crippen LogP contribution is 2.23. The van der Waals surface area contributed by atoms with E-state index in [0.29, 0.717) is 22.3 Å². The minimum absolute atomic E-state index is 0.0377. The topological polar surface area (TPSA) is 45.7 Å². The van der Waals surface area contributed by atoms with Gasteiger partial charge in [-0.15, -0.1) is 11.3 Å². The number of pyridine rings is 1. The van der Waals surface area contributed by atoms with Crippen molar-refractivity contribution in [3.05, 3.63) is 51.4 Å². The van der Waals surface area contributed by atoms with Crippen LogP contribution in [0, 0.1) is 0 Å². The second kappa shape index (κ2) is 9.29. The standard InChI is InChI=1S/C18H22ClN3O2S/c19-17-3-2-16(25-17)18(23)22(14-15-4-6-20-7-5-15)9-1-8-21-10-12-24-13-11-21/h2-7H,1,8-14H2. The van der Waals surface area contributed by atoms with Crippen LogP contribution in [0.15, 0.2) is 36.7 Å². The van der Waals surface area contributed by atoms with Gasteiger partial charge in [-0.05, 0) is 36.2 Å². The van der Waals surface area contributed by atoms with Crippen molar-refractivity contribution in [2.45, 2.75) is 13.0 Å². The van der Waals surface area contributed by atoms with Crippen molar-refractivity contribution in [2.24, 2.45) is 0 Å². The normalized spacial score (nSPS) is 15.2. The van der Waals surface area contributed by atoms with Crippen molar-refractivity contribution in [3.8, 4) is 0 Å². The minimum atomic E-state index is 0.0377. The second-order valence-electron chi connectivity index (χ2n) is 5.99. The molecule has 0 spiro atoms. The number of hydrogen-bond acceptors (Lipinski definition) is 5. The van der Waals surface area contributed by atoms with E-state index in [0.717, 1.165) is 44.8 Å². The predicted octanol–water partition coefficient (Wildman–Crippen LogP) is 3.16. The lowest BCUT2D eigenvalue weighted by atomic mass is 10.2. The van der Waals surface area contributed by atoms with E-state index in [2.05, 4.69) is 9.88 Å². The summed E-state index contributed by atoms with van der Waals surface area (Å²) in [6.07, 6.45) is 4.46. The van der Waals surface area contributed by atoms with Gasteiger partial charge in [0.1, 0.15) is 0 Å². The van der Waals surface area contributed by atoms with Crippen LogP contribution in [-0.4, -0.2) is 60.1 Å². The Balaban J connectivity index is 1.62. The highest BCUT2D eigenvalue weighted by Gasteiger charge is 2.19. The van der Waals surface area contributed by atoms with Crippen molar-refractivity contribution in [1.82, 2.24) is 14.8 Å². The molecule has 0 aliphatic carbocycles. The summed E-state index contributed by atoms with van der Waals surface area (Å²) in [5.41, 5.74) is 1.08. The number of thiophene rings is 1. The number of rotatable bonds is 7. The van der Waals surface area contributed by atoms with Crippen LogP contribution < -0.4 is 0 Å². The smallest absolute Gasteiger partial charge is 0.264 e. The minimum Gasteiger partial charge on any atom is -0.379 e. The van der Waals surface area contributed by atoms with Gasteiger partial charge in [0.05, 0.1) is 22.4 Å². The first-order valence-corrected chi connectivity index (χ1v) is 9.65. The molecule has 7 heteroatoms. The maximum absolute atomic E-state index is 12.9. The maximum atomic E-state index is 12.9. The van der Waals surface area contributed by atoms with Crippen molar-refractivity contribution in [2.75, 3.05) is 39.4 Å². The van der Waals surface area contributed by atoms with Crippen LogP contribution in [0.3, 0.4) is 0 Å². The number of amides is 1. The molecule has 2 aromatic rings. The molecule has 1 amide bonds. The predicted molar refractivity (Wildman–Crippen MR) is 100 cm³/mol. The van der Waals surface area contributed by atoms with Gasteiger partial charge in [0.25, 0.3) is 5.91 Å². The lowest BCUT2D eigenvalue weighted by Crippen LogP contribution is -2.39. The third-order valence-electron chi connectivity index (χ3n) is 4.20. The first-order chi connectivity index (χ1) is 12.2. The fourth-order valence-electron chi connectivity index (χ4n) is 2.86. The van der Waals surface area contributed by atoms with Crippen molar-refractivity contribution >= 4 is 28.8 Å². The van der Waals surface area contributed by atoms with Crippen LogP contribution >= 0.6 is 22.9 Å². The Morgan fingerprint density at radius 1 is 1.24 bits per heavy atom. The van der Waals surface area contributed by atoms with Crippen molar-refractivity contribution < 1.29 is 9.53 Å². The molecule has 0 saturated carbocycles. The van der Waals surface area contributed by atoms with Gasteiger partial charge in [-0.25, -0.2) is 0 Å². The van der Waals surface area contributed by atoms with Crippen LogP contribution in [0.5, 0.6) is 0 Å². The van der Waals surface area contributed by atoms with Crippen LogP contribution in [0.2, 0.25) is 4.34 Å². The molecular weight excluding hydrogens is 358 g/mol. The molecule has 0 unspecified atom stereocenters. The van der Waals surface area contributed by atoms with Gasteiger partial charge in [0.15, 0.2) is 0 Å². The molecule has 1 fully saturated rings. The number of carbonyl (C=O) groups is 1. The van der Waals surface area contributed by atoms with Gasteiger partial charge in [-0.1, -0.05) is 11.6 Å². The molecule has 2 aromatic heterocycles. The van der Waals surface area contributed by atoms with Crippen LogP contribution in [0.4, 0.5) is 0 Å². The lowest BCUT2D eigenvalue weighted by Gasteiger charge is -2.28. The number of nitrogens with zero attached hydrogens (tertiary/aromatic N) is 3. The highest BCUT2D eigenvalue weighted by molar-refractivity contribution is 7.17. The highest BCUT2D eigenvalue weighted by atomic mass is 35.5. The SMILES string of the molecule is O=C(c1ccc(Cl)s1)N(CCCN1CCOCC1)Cc1ccncc1. The number of ether oxygens (including phenoxy) is 1. The molecule has 0 N–H and O–H groups in total. The fraction of sp³-hybridized carbons (Fsp3) is 0.444. The Kier molecular flexibility index (Phi) is 6.81. The summed E-state index contributed by atoms with van der Waals surface area (Å²) in [6, 6.07) is 7.47. The van der Waals surface area contributed by atoms with Gasteiger partial charge in [-0.3, -0.25) is 14.7 Å². The number of morpholine rings is 1. The first kappa shape index (κ1) is 18.3. The summed E-state index contributed by atoms with van der Waals surface area (Å²) in [4.78, 5) is 21.9.